The molecule has 0 amide bonds. The Balaban J connectivity index is 2.79. The Morgan fingerprint density at radius 1 is 1.22 bits per heavy atom. The lowest BCUT2D eigenvalue weighted by Gasteiger charge is -2.12. The van der Waals surface area contributed by atoms with Gasteiger partial charge in [0, 0.05) is 12.6 Å². The minimum Gasteiger partial charge on any atom is -0.324 e. The number of hydrogen-bond acceptors (Lipinski definition) is 3. The van der Waals surface area contributed by atoms with Gasteiger partial charge in [0.15, 0.2) is 0 Å². The molecule has 0 saturated heterocycles. The van der Waals surface area contributed by atoms with Crippen LogP contribution in [0.15, 0.2) is 29.2 Å². The summed E-state index contributed by atoms with van der Waals surface area (Å²) in [5, 5.41) is 0. The van der Waals surface area contributed by atoms with Crippen molar-refractivity contribution in [3.8, 4) is 0 Å². The van der Waals surface area contributed by atoms with Gasteiger partial charge in [-0.1, -0.05) is 32.4 Å². The number of sulfonamides is 1. The molecule has 0 aliphatic rings. The van der Waals surface area contributed by atoms with E-state index < -0.39 is 10.0 Å². The predicted octanol–water partition coefficient (Wildman–Crippen LogP) is 2.03. The van der Waals surface area contributed by atoms with Crippen LogP contribution < -0.4 is 10.5 Å². The average molecular weight is 270 g/mol. The third kappa shape index (κ3) is 4.08. The fourth-order valence-electron chi connectivity index (χ4n) is 1.43. The lowest BCUT2D eigenvalue weighted by molar-refractivity contribution is 0.528. The number of rotatable bonds is 6. The van der Waals surface area contributed by atoms with Crippen LogP contribution in [0.2, 0.25) is 0 Å². The fourth-order valence-corrected chi connectivity index (χ4v) is 2.60. The van der Waals surface area contributed by atoms with Gasteiger partial charge in [-0.3, -0.25) is 0 Å². The molecule has 4 nitrogen and oxygen atoms in total. The lowest BCUT2D eigenvalue weighted by atomic mass is 10.1. The van der Waals surface area contributed by atoms with Crippen LogP contribution in [0.5, 0.6) is 0 Å². The number of nitrogens with two attached hydrogens (primary N) is 1. The van der Waals surface area contributed by atoms with Crippen LogP contribution in [0.1, 0.15) is 38.8 Å². The zero-order chi connectivity index (χ0) is 13.8. The Hall–Kier alpha value is -0.910. The summed E-state index contributed by atoms with van der Waals surface area (Å²) in [5.41, 5.74) is 6.65. The van der Waals surface area contributed by atoms with Crippen molar-refractivity contribution in [1.82, 2.24) is 4.72 Å². The molecule has 0 saturated carbocycles. The van der Waals surface area contributed by atoms with Crippen molar-refractivity contribution in [2.45, 2.75) is 38.1 Å². The minimum atomic E-state index is -3.40. The first kappa shape index (κ1) is 15.1. The van der Waals surface area contributed by atoms with Crippen molar-refractivity contribution in [1.29, 1.82) is 0 Å². The molecule has 3 N–H and O–H groups in total. The Labute approximate surface area is 110 Å². The molecule has 1 aromatic rings. The van der Waals surface area contributed by atoms with E-state index in [1.165, 1.54) is 0 Å². The monoisotopic (exact) mass is 270 g/mol. The zero-order valence-corrected chi connectivity index (χ0v) is 12.0. The van der Waals surface area contributed by atoms with Crippen LogP contribution in [-0.4, -0.2) is 15.0 Å². The van der Waals surface area contributed by atoms with Crippen LogP contribution in [-0.2, 0) is 10.0 Å². The summed E-state index contributed by atoms with van der Waals surface area (Å²) in [6.07, 6.45) is 0.951. The van der Waals surface area contributed by atoms with E-state index in [0.717, 1.165) is 12.0 Å². The van der Waals surface area contributed by atoms with Gasteiger partial charge in [-0.25, -0.2) is 13.1 Å². The number of hydrogen-bond donors (Lipinski definition) is 2. The van der Waals surface area contributed by atoms with Crippen molar-refractivity contribution in [2.24, 2.45) is 11.7 Å². The largest absolute Gasteiger partial charge is 0.324 e. The SMILES string of the molecule is CCC(C)CNS(=O)(=O)c1ccc(C(C)N)cc1. The smallest absolute Gasteiger partial charge is 0.240 e. The quantitative estimate of drug-likeness (QED) is 0.830. The van der Waals surface area contributed by atoms with E-state index in [-0.39, 0.29) is 10.9 Å². The molecule has 0 aliphatic carbocycles. The van der Waals surface area contributed by atoms with Crippen molar-refractivity contribution >= 4 is 10.0 Å². The van der Waals surface area contributed by atoms with Gasteiger partial charge in [0.25, 0.3) is 0 Å². The number of benzene rings is 1. The van der Waals surface area contributed by atoms with E-state index in [2.05, 4.69) is 4.72 Å². The van der Waals surface area contributed by atoms with Crippen LogP contribution in [0.25, 0.3) is 0 Å². The average Bonchev–Trinajstić information content (AvgIpc) is 2.36. The predicted molar refractivity (Wildman–Crippen MR) is 73.7 cm³/mol. The molecule has 102 valence electrons. The highest BCUT2D eigenvalue weighted by Gasteiger charge is 2.14. The van der Waals surface area contributed by atoms with Gasteiger partial charge in [0.2, 0.25) is 10.0 Å². The molecule has 0 spiro atoms. The van der Waals surface area contributed by atoms with Gasteiger partial charge in [-0.05, 0) is 30.5 Å². The Kier molecular flexibility index (Phi) is 5.31. The van der Waals surface area contributed by atoms with Crippen LogP contribution >= 0.6 is 0 Å². The van der Waals surface area contributed by atoms with Gasteiger partial charge in [-0.2, -0.15) is 0 Å². The third-order valence-corrected chi connectivity index (χ3v) is 4.47. The van der Waals surface area contributed by atoms with E-state index in [1.54, 1.807) is 24.3 Å². The maximum Gasteiger partial charge on any atom is 0.240 e. The molecular weight excluding hydrogens is 248 g/mol. The summed E-state index contributed by atoms with van der Waals surface area (Å²) in [6, 6.07) is 6.61. The summed E-state index contributed by atoms with van der Waals surface area (Å²) in [4.78, 5) is 0.287. The topological polar surface area (TPSA) is 72.2 Å². The molecule has 0 aromatic heterocycles. The molecule has 5 heteroatoms. The molecule has 1 rings (SSSR count). The first-order valence-electron chi connectivity index (χ1n) is 6.22. The molecular formula is C13H22N2O2S. The van der Waals surface area contributed by atoms with Gasteiger partial charge in [-0.15, -0.1) is 0 Å². The molecule has 2 unspecified atom stereocenters. The molecule has 1 aromatic carbocycles. The second-order valence-electron chi connectivity index (χ2n) is 4.72. The summed E-state index contributed by atoms with van der Waals surface area (Å²) in [5.74, 6) is 0.336. The van der Waals surface area contributed by atoms with Crippen molar-refractivity contribution in [3.05, 3.63) is 29.8 Å². The van der Waals surface area contributed by atoms with Crippen LogP contribution in [0.3, 0.4) is 0 Å². The standard InChI is InChI=1S/C13H22N2O2S/c1-4-10(2)9-15-18(16,17)13-7-5-12(6-8-13)11(3)14/h5-8,10-11,15H,4,9,14H2,1-3H3. The molecule has 0 radical (unpaired) electrons. The van der Waals surface area contributed by atoms with Gasteiger partial charge in [0.1, 0.15) is 0 Å². The minimum absolute atomic E-state index is 0.0881. The van der Waals surface area contributed by atoms with Crippen molar-refractivity contribution in [2.75, 3.05) is 6.54 Å². The molecule has 0 fully saturated rings. The molecule has 0 heterocycles. The first-order chi connectivity index (χ1) is 8.36. The maximum atomic E-state index is 12.0. The maximum absolute atomic E-state index is 12.0. The summed E-state index contributed by atoms with van der Waals surface area (Å²) in [7, 11) is -3.40. The third-order valence-electron chi connectivity index (χ3n) is 3.03. The molecule has 0 aliphatic heterocycles. The highest BCUT2D eigenvalue weighted by molar-refractivity contribution is 7.89. The van der Waals surface area contributed by atoms with E-state index in [4.69, 9.17) is 5.73 Å². The zero-order valence-electron chi connectivity index (χ0n) is 11.2. The van der Waals surface area contributed by atoms with E-state index >= 15 is 0 Å². The molecule has 2 atom stereocenters. The molecule has 18 heavy (non-hydrogen) atoms. The van der Waals surface area contributed by atoms with Gasteiger partial charge in [0.05, 0.1) is 4.90 Å². The lowest BCUT2D eigenvalue weighted by Crippen LogP contribution is -2.28. The first-order valence-corrected chi connectivity index (χ1v) is 7.70. The normalized spacial score (nSPS) is 15.3. The van der Waals surface area contributed by atoms with Gasteiger partial charge < -0.3 is 5.73 Å². The van der Waals surface area contributed by atoms with Crippen LogP contribution in [0.4, 0.5) is 0 Å². The summed E-state index contributed by atoms with van der Waals surface area (Å²) < 4.78 is 26.6. The molecule has 0 bridgehead atoms. The fraction of sp³-hybridized carbons (Fsp3) is 0.538. The summed E-state index contributed by atoms with van der Waals surface area (Å²) >= 11 is 0. The Bertz CT molecular complexity index is 466. The second-order valence-corrected chi connectivity index (χ2v) is 6.49. The van der Waals surface area contributed by atoms with E-state index in [9.17, 15) is 8.42 Å². The van der Waals surface area contributed by atoms with E-state index in [0.29, 0.717) is 12.5 Å². The van der Waals surface area contributed by atoms with Crippen molar-refractivity contribution in [3.63, 3.8) is 0 Å². The second kappa shape index (κ2) is 6.31. The highest BCUT2D eigenvalue weighted by Crippen LogP contribution is 2.14. The summed E-state index contributed by atoms with van der Waals surface area (Å²) in [6.45, 7) is 6.39. The van der Waals surface area contributed by atoms with E-state index in [1.807, 2.05) is 20.8 Å². The number of nitrogens with one attached hydrogen (secondary N) is 1. The highest BCUT2D eigenvalue weighted by atomic mass is 32.2. The van der Waals surface area contributed by atoms with Gasteiger partial charge >= 0.3 is 0 Å². The Morgan fingerprint density at radius 2 is 1.78 bits per heavy atom. The van der Waals surface area contributed by atoms with Crippen LogP contribution in [0, 0.1) is 5.92 Å². The Morgan fingerprint density at radius 3 is 2.22 bits per heavy atom. The van der Waals surface area contributed by atoms with Crippen molar-refractivity contribution < 1.29 is 8.42 Å².